The van der Waals surface area contributed by atoms with Gasteiger partial charge in [0.1, 0.15) is 5.82 Å². The average molecular weight is 397 g/mol. The normalized spacial score (nSPS) is 12.1. The van der Waals surface area contributed by atoms with Gasteiger partial charge < -0.3 is 4.57 Å². The molecular weight excluding hydrogens is 386 g/mol. The molecular formula is C16H11BrF2N2OS. The Labute approximate surface area is 143 Å². The van der Waals surface area contributed by atoms with Crippen molar-refractivity contribution in [1.29, 1.82) is 0 Å². The van der Waals surface area contributed by atoms with E-state index in [0.29, 0.717) is 21.6 Å². The molecule has 0 N–H and O–H groups in total. The molecule has 0 radical (unpaired) electrons. The van der Waals surface area contributed by atoms with Gasteiger partial charge in [0, 0.05) is 22.6 Å². The lowest BCUT2D eigenvalue weighted by atomic mass is 10.2. The molecule has 0 aliphatic heterocycles. The van der Waals surface area contributed by atoms with Crippen LogP contribution in [-0.4, -0.2) is 10.5 Å². The van der Waals surface area contributed by atoms with Gasteiger partial charge in [-0.15, -0.1) is 0 Å². The number of amides is 1. The van der Waals surface area contributed by atoms with E-state index in [9.17, 15) is 13.6 Å². The van der Waals surface area contributed by atoms with Crippen molar-refractivity contribution in [3.8, 4) is 0 Å². The highest BCUT2D eigenvalue weighted by Gasteiger charge is 2.13. The average Bonchev–Trinajstić information content (AvgIpc) is 2.84. The summed E-state index contributed by atoms with van der Waals surface area (Å²) in [5, 5.41) is 0. The number of fused-ring (bicyclic) bond motifs is 1. The predicted octanol–water partition coefficient (Wildman–Crippen LogP) is 4.50. The third kappa shape index (κ3) is 3.11. The Morgan fingerprint density at radius 3 is 2.78 bits per heavy atom. The number of carbonyl (C=O) groups is 1. The highest BCUT2D eigenvalue weighted by atomic mass is 79.9. The number of rotatable bonds is 2. The van der Waals surface area contributed by atoms with Crippen LogP contribution in [-0.2, 0) is 6.54 Å². The summed E-state index contributed by atoms with van der Waals surface area (Å²) in [5.41, 5.74) is 0.686. The molecule has 0 spiro atoms. The second kappa shape index (κ2) is 6.33. The highest BCUT2D eigenvalue weighted by molar-refractivity contribution is 9.10. The van der Waals surface area contributed by atoms with E-state index < -0.39 is 17.5 Å². The Hall–Kier alpha value is -1.86. The maximum absolute atomic E-state index is 14.0. The number of hydrogen-bond donors (Lipinski definition) is 0. The zero-order chi connectivity index (χ0) is 16.6. The number of halogens is 3. The molecule has 0 aliphatic rings. The van der Waals surface area contributed by atoms with Gasteiger partial charge in [-0.05, 0) is 31.2 Å². The first-order valence-corrected chi connectivity index (χ1v) is 8.43. The molecule has 3 rings (SSSR count). The topological polar surface area (TPSA) is 34.4 Å². The summed E-state index contributed by atoms with van der Waals surface area (Å²) in [4.78, 5) is 16.7. The Morgan fingerprint density at radius 1 is 1.30 bits per heavy atom. The smallest absolute Gasteiger partial charge is 0.279 e. The van der Waals surface area contributed by atoms with Crippen molar-refractivity contribution >= 4 is 43.4 Å². The SMILES string of the molecule is CCn1c(=NC(=O)c2cccc(Br)c2)sc2cc(F)cc(F)c21. The summed E-state index contributed by atoms with van der Waals surface area (Å²) in [6, 6.07) is 8.94. The van der Waals surface area contributed by atoms with Gasteiger partial charge >= 0.3 is 0 Å². The molecule has 7 heteroatoms. The first-order chi connectivity index (χ1) is 11.0. The first kappa shape index (κ1) is 16.0. The van der Waals surface area contributed by atoms with E-state index in [1.807, 2.05) is 6.92 Å². The summed E-state index contributed by atoms with van der Waals surface area (Å²) in [7, 11) is 0. The Kier molecular flexibility index (Phi) is 4.41. The lowest BCUT2D eigenvalue weighted by Crippen LogP contribution is -2.16. The molecule has 2 aromatic carbocycles. The number of nitrogens with zero attached hydrogens (tertiary/aromatic N) is 2. The summed E-state index contributed by atoms with van der Waals surface area (Å²) in [5.74, 6) is -1.74. The largest absolute Gasteiger partial charge is 0.314 e. The lowest BCUT2D eigenvalue weighted by Gasteiger charge is -2.01. The van der Waals surface area contributed by atoms with Crippen molar-refractivity contribution in [3.05, 3.63) is 62.9 Å². The van der Waals surface area contributed by atoms with Crippen molar-refractivity contribution in [2.24, 2.45) is 4.99 Å². The van der Waals surface area contributed by atoms with Crippen LogP contribution in [0.3, 0.4) is 0 Å². The van der Waals surface area contributed by atoms with Crippen LogP contribution in [0, 0.1) is 11.6 Å². The molecule has 0 saturated heterocycles. The number of aromatic nitrogens is 1. The minimum Gasteiger partial charge on any atom is -0.314 e. The number of carbonyl (C=O) groups excluding carboxylic acids is 1. The Bertz CT molecular complexity index is 978. The fraction of sp³-hybridized carbons (Fsp3) is 0.125. The molecule has 0 atom stereocenters. The van der Waals surface area contributed by atoms with E-state index >= 15 is 0 Å². The molecule has 0 unspecified atom stereocenters. The van der Waals surface area contributed by atoms with Crippen LogP contribution in [0.15, 0.2) is 45.9 Å². The van der Waals surface area contributed by atoms with Crippen LogP contribution < -0.4 is 4.80 Å². The van der Waals surface area contributed by atoms with E-state index in [2.05, 4.69) is 20.9 Å². The summed E-state index contributed by atoms with van der Waals surface area (Å²) < 4.78 is 30.2. The van der Waals surface area contributed by atoms with Crippen LogP contribution in [0.4, 0.5) is 8.78 Å². The van der Waals surface area contributed by atoms with Crippen molar-refractivity contribution in [2.45, 2.75) is 13.5 Å². The molecule has 1 heterocycles. The van der Waals surface area contributed by atoms with E-state index in [-0.39, 0.29) is 5.52 Å². The molecule has 3 nitrogen and oxygen atoms in total. The van der Waals surface area contributed by atoms with Gasteiger partial charge in [0.15, 0.2) is 10.6 Å². The molecule has 3 aromatic rings. The van der Waals surface area contributed by atoms with Crippen LogP contribution >= 0.6 is 27.3 Å². The summed E-state index contributed by atoms with van der Waals surface area (Å²) in [6.45, 7) is 2.24. The fourth-order valence-electron chi connectivity index (χ4n) is 2.28. The minimum atomic E-state index is -0.658. The van der Waals surface area contributed by atoms with Crippen molar-refractivity contribution in [1.82, 2.24) is 4.57 Å². The highest BCUT2D eigenvalue weighted by Crippen LogP contribution is 2.22. The maximum Gasteiger partial charge on any atom is 0.279 e. The molecule has 0 saturated carbocycles. The molecule has 1 aromatic heterocycles. The molecule has 23 heavy (non-hydrogen) atoms. The zero-order valence-electron chi connectivity index (χ0n) is 12.0. The second-order valence-corrected chi connectivity index (χ2v) is 6.72. The first-order valence-electron chi connectivity index (χ1n) is 6.82. The molecule has 1 amide bonds. The lowest BCUT2D eigenvalue weighted by molar-refractivity contribution is 0.0998. The fourth-order valence-corrected chi connectivity index (χ4v) is 3.81. The van der Waals surface area contributed by atoms with Gasteiger partial charge in [-0.1, -0.05) is 33.3 Å². The van der Waals surface area contributed by atoms with Crippen LogP contribution in [0.25, 0.3) is 10.2 Å². The third-order valence-corrected chi connectivity index (χ3v) is 4.80. The van der Waals surface area contributed by atoms with Gasteiger partial charge in [-0.25, -0.2) is 8.78 Å². The van der Waals surface area contributed by atoms with E-state index in [1.165, 1.54) is 6.07 Å². The van der Waals surface area contributed by atoms with Crippen molar-refractivity contribution < 1.29 is 13.6 Å². The van der Waals surface area contributed by atoms with Crippen LogP contribution in [0.5, 0.6) is 0 Å². The Balaban J connectivity index is 2.19. The third-order valence-electron chi connectivity index (χ3n) is 3.28. The summed E-state index contributed by atoms with van der Waals surface area (Å²) in [6.07, 6.45) is 0. The van der Waals surface area contributed by atoms with E-state index in [1.54, 1.807) is 28.8 Å². The molecule has 0 bridgehead atoms. The zero-order valence-corrected chi connectivity index (χ0v) is 14.4. The number of hydrogen-bond acceptors (Lipinski definition) is 2. The van der Waals surface area contributed by atoms with Crippen molar-refractivity contribution in [3.63, 3.8) is 0 Å². The minimum absolute atomic E-state index is 0.264. The van der Waals surface area contributed by atoms with Gasteiger partial charge in [-0.3, -0.25) is 4.79 Å². The molecule has 0 aliphatic carbocycles. The van der Waals surface area contributed by atoms with E-state index in [0.717, 1.165) is 21.9 Å². The van der Waals surface area contributed by atoms with Crippen molar-refractivity contribution in [2.75, 3.05) is 0 Å². The number of aryl methyl sites for hydroxylation is 1. The van der Waals surface area contributed by atoms with Gasteiger partial charge in [0.05, 0.1) is 10.2 Å². The van der Waals surface area contributed by atoms with E-state index in [4.69, 9.17) is 0 Å². The summed E-state index contributed by atoms with van der Waals surface area (Å²) >= 11 is 4.39. The second-order valence-electron chi connectivity index (χ2n) is 4.79. The van der Waals surface area contributed by atoms with Gasteiger partial charge in [-0.2, -0.15) is 4.99 Å². The molecule has 118 valence electrons. The predicted molar refractivity (Wildman–Crippen MR) is 89.4 cm³/mol. The van der Waals surface area contributed by atoms with Gasteiger partial charge in [0.25, 0.3) is 5.91 Å². The number of benzene rings is 2. The monoisotopic (exact) mass is 396 g/mol. The Morgan fingerprint density at radius 2 is 2.09 bits per heavy atom. The maximum atomic E-state index is 14.0. The van der Waals surface area contributed by atoms with Crippen LogP contribution in [0.2, 0.25) is 0 Å². The quantitative estimate of drug-likeness (QED) is 0.627. The van der Waals surface area contributed by atoms with Crippen LogP contribution in [0.1, 0.15) is 17.3 Å². The number of thiazole rings is 1. The standard InChI is InChI=1S/C16H11BrF2N2OS/c1-2-21-14-12(19)7-11(18)8-13(14)23-16(21)20-15(22)9-4-3-5-10(17)6-9/h3-8H,2H2,1H3. The van der Waals surface area contributed by atoms with Gasteiger partial charge in [0.2, 0.25) is 0 Å². The molecule has 0 fully saturated rings.